The van der Waals surface area contributed by atoms with E-state index in [2.05, 4.69) is 90.2 Å². The van der Waals surface area contributed by atoms with Crippen molar-refractivity contribution >= 4 is 28.0 Å². The van der Waals surface area contributed by atoms with Gasteiger partial charge in [-0.1, -0.05) is 32.6 Å². The molecule has 0 spiro atoms. The third kappa shape index (κ3) is 3.38. The van der Waals surface area contributed by atoms with Gasteiger partial charge in [-0.2, -0.15) is 0 Å². The van der Waals surface area contributed by atoms with Gasteiger partial charge in [-0.3, -0.25) is 0 Å². The Morgan fingerprint density at radius 3 is 2.46 bits per heavy atom. The van der Waals surface area contributed by atoms with E-state index in [1.165, 1.54) is 27.7 Å². The van der Waals surface area contributed by atoms with E-state index in [0.29, 0.717) is 0 Å². The lowest BCUT2D eigenvalue weighted by atomic mass is 10.1. The Morgan fingerprint density at radius 1 is 1.04 bits per heavy atom. The number of aryl methyl sites for hydroxylation is 1. The average molecular weight is 350 g/mol. The maximum atomic E-state index is 4.31. The first kappa shape index (κ1) is 19.4. The van der Waals surface area contributed by atoms with Crippen molar-refractivity contribution in [3.63, 3.8) is 0 Å². The summed E-state index contributed by atoms with van der Waals surface area (Å²) in [6, 6.07) is 15.2. The molecule has 0 fully saturated rings. The van der Waals surface area contributed by atoms with Crippen molar-refractivity contribution in [1.29, 1.82) is 0 Å². The Labute approximate surface area is 158 Å². The quantitative estimate of drug-likeness (QED) is 0.549. The number of nitrogens with zero attached hydrogens (tertiary/aromatic N) is 2. The Hall–Kier alpha value is -2.94. The number of benzene rings is 2. The van der Waals surface area contributed by atoms with Crippen molar-refractivity contribution in [2.45, 2.75) is 20.4 Å². The number of aromatic nitrogens is 1. The molecule has 3 aromatic rings. The fourth-order valence-corrected chi connectivity index (χ4v) is 3.22. The molecule has 0 atom stereocenters. The van der Waals surface area contributed by atoms with E-state index in [4.69, 9.17) is 0 Å². The highest BCUT2D eigenvalue weighted by atomic mass is 15.2. The third-order valence-electron chi connectivity index (χ3n) is 4.55. The summed E-state index contributed by atoms with van der Waals surface area (Å²) in [5.41, 5.74) is 7.20. The lowest BCUT2D eigenvalue weighted by Gasteiger charge is -2.20. The zero-order valence-corrected chi connectivity index (χ0v) is 16.3. The Bertz CT molecular complexity index is 911. The number of hydrogen-bond donors (Lipinski definition) is 1. The second kappa shape index (κ2) is 8.43. The van der Waals surface area contributed by atoms with Gasteiger partial charge in [0, 0.05) is 56.4 Å². The predicted molar refractivity (Wildman–Crippen MR) is 119 cm³/mol. The minimum absolute atomic E-state index is 0. The van der Waals surface area contributed by atoms with Crippen LogP contribution in [0.3, 0.4) is 0 Å². The van der Waals surface area contributed by atoms with Gasteiger partial charge >= 0.3 is 0 Å². The van der Waals surface area contributed by atoms with Gasteiger partial charge in [0.05, 0.1) is 0 Å². The fraction of sp³-hybridized carbons (Fsp3) is 0.217. The summed E-state index contributed by atoms with van der Waals surface area (Å²) in [5.74, 6) is 0. The molecule has 2 heterocycles. The molecule has 0 bridgehead atoms. The third-order valence-corrected chi connectivity index (χ3v) is 4.55. The molecule has 0 saturated heterocycles. The number of hydrogen-bond acceptors (Lipinski definition) is 2. The molecule has 1 aromatic heterocycles. The molecule has 0 unspecified atom stereocenters. The Balaban J connectivity index is 0.000000686. The molecule has 0 radical (unpaired) electrons. The molecule has 3 nitrogen and oxygen atoms in total. The fourth-order valence-electron chi connectivity index (χ4n) is 3.22. The van der Waals surface area contributed by atoms with Crippen molar-refractivity contribution < 1.29 is 1.43 Å². The summed E-state index contributed by atoms with van der Waals surface area (Å²) in [5, 5.41) is 4.47. The lowest BCUT2D eigenvalue weighted by Crippen LogP contribution is -2.12. The van der Waals surface area contributed by atoms with Crippen LogP contribution in [0.1, 0.15) is 26.4 Å². The average Bonchev–Trinajstić information content (AvgIpc) is 3.24. The second-order valence-electron chi connectivity index (χ2n) is 5.82. The van der Waals surface area contributed by atoms with Crippen molar-refractivity contribution in [3.8, 4) is 0 Å². The predicted octanol–water partition coefficient (Wildman–Crippen LogP) is 6.29. The Morgan fingerprint density at radius 2 is 1.77 bits per heavy atom. The maximum absolute atomic E-state index is 4.31. The van der Waals surface area contributed by atoms with Gasteiger partial charge in [-0.25, -0.2) is 0 Å². The van der Waals surface area contributed by atoms with Crippen LogP contribution in [0.5, 0.6) is 0 Å². The molecule has 1 aliphatic rings. The Kier molecular flexibility index (Phi) is 6.29. The van der Waals surface area contributed by atoms with Gasteiger partial charge in [-0.05, 0) is 41.3 Å². The highest BCUT2D eigenvalue weighted by Gasteiger charge is 2.24. The number of anilines is 2. The summed E-state index contributed by atoms with van der Waals surface area (Å²) >= 11 is 0. The summed E-state index contributed by atoms with van der Waals surface area (Å²) in [6.07, 6.45) is 2.10. The summed E-state index contributed by atoms with van der Waals surface area (Å²) < 4.78 is 2.16. The minimum Gasteiger partial charge on any atom is -0.388 e. The monoisotopic (exact) mass is 349 g/mol. The van der Waals surface area contributed by atoms with E-state index < -0.39 is 0 Å². The number of fused-ring (bicyclic) bond motifs is 2. The van der Waals surface area contributed by atoms with Gasteiger partial charge in [0.15, 0.2) is 0 Å². The van der Waals surface area contributed by atoms with Crippen molar-refractivity contribution in [2.75, 3.05) is 17.3 Å². The second-order valence-corrected chi connectivity index (χ2v) is 5.82. The van der Waals surface area contributed by atoms with Gasteiger partial charge in [-0.15, -0.1) is 13.2 Å². The summed E-state index contributed by atoms with van der Waals surface area (Å²) in [6.45, 7) is 15.2. The standard InChI is InChI=1S/C19H19N3.C2H6.C2H4.H2/c1-13-18-10-16(20-2)6-4-15(18)12-22(13)17-7-5-14-8-9-21(3)19(14)11-17;2*1-2;/h4-11,20H,1,12H2,2-3H3;1-2H3;1-2H2;1H. The molecule has 1 aliphatic heterocycles. The normalized spacial score (nSPS) is 12.0. The van der Waals surface area contributed by atoms with E-state index in [-0.39, 0.29) is 1.43 Å². The van der Waals surface area contributed by atoms with Crippen LogP contribution in [0.25, 0.3) is 16.6 Å². The molecule has 26 heavy (non-hydrogen) atoms. The number of rotatable bonds is 2. The maximum Gasteiger partial charge on any atom is 0.0498 e. The zero-order chi connectivity index (χ0) is 19.3. The van der Waals surface area contributed by atoms with Crippen LogP contribution in [-0.4, -0.2) is 11.6 Å². The van der Waals surface area contributed by atoms with E-state index in [1.807, 2.05) is 20.9 Å². The zero-order valence-electron chi connectivity index (χ0n) is 16.3. The molecular weight excluding hydrogens is 318 g/mol. The van der Waals surface area contributed by atoms with Crippen LogP contribution in [-0.2, 0) is 13.6 Å². The van der Waals surface area contributed by atoms with Crippen molar-refractivity contribution in [2.24, 2.45) is 7.05 Å². The van der Waals surface area contributed by atoms with E-state index in [0.717, 1.165) is 17.9 Å². The largest absolute Gasteiger partial charge is 0.388 e. The molecule has 0 amide bonds. The van der Waals surface area contributed by atoms with Crippen molar-refractivity contribution in [3.05, 3.63) is 79.5 Å². The van der Waals surface area contributed by atoms with Crippen LogP contribution in [0.15, 0.2) is 68.4 Å². The SMILES string of the molecule is C=C.C=C1c2cc(NC)ccc2CN1c1ccc2ccn(C)c2c1.CC.[HH]. The molecule has 138 valence electrons. The molecular formula is C23H31N3. The van der Waals surface area contributed by atoms with Crippen LogP contribution >= 0.6 is 0 Å². The lowest BCUT2D eigenvalue weighted by molar-refractivity contribution is 0.967. The van der Waals surface area contributed by atoms with Gasteiger partial charge in [0.1, 0.15) is 0 Å². The molecule has 3 heteroatoms. The van der Waals surface area contributed by atoms with Crippen LogP contribution in [0, 0.1) is 0 Å². The van der Waals surface area contributed by atoms with Crippen LogP contribution in [0.2, 0.25) is 0 Å². The van der Waals surface area contributed by atoms with Crippen molar-refractivity contribution in [1.82, 2.24) is 4.57 Å². The molecule has 2 aromatic carbocycles. The van der Waals surface area contributed by atoms with Crippen LogP contribution < -0.4 is 10.2 Å². The molecule has 1 N–H and O–H groups in total. The van der Waals surface area contributed by atoms with Gasteiger partial charge in [0.25, 0.3) is 0 Å². The van der Waals surface area contributed by atoms with Gasteiger partial charge < -0.3 is 14.8 Å². The highest BCUT2D eigenvalue weighted by molar-refractivity contribution is 5.90. The first-order valence-corrected chi connectivity index (χ1v) is 9.00. The van der Waals surface area contributed by atoms with E-state index in [1.54, 1.807) is 0 Å². The van der Waals surface area contributed by atoms with Crippen LogP contribution in [0.4, 0.5) is 11.4 Å². The minimum atomic E-state index is 0. The topological polar surface area (TPSA) is 20.2 Å². The van der Waals surface area contributed by atoms with E-state index >= 15 is 0 Å². The smallest absolute Gasteiger partial charge is 0.0498 e. The molecule has 0 saturated carbocycles. The highest BCUT2D eigenvalue weighted by Crippen LogP contribution is 2.37. The first-order valence-electron chi connectivity index (χ1n) is 9.00. The summed E-state index contributed by atoms with van der Waals surface area (Å²) in [7, 11) is 4.03. The first-order chi connectivity index (χ1) is 12.7. The summed E-state index contributed by atoms with van der Waals surface area (Å²) in [4.78, 5) is 2.29. The van der Waals surface area contributed by atoms with Gasteiger partial charge in [0.2, 0.25) is 0 Å². The molecule has 0 aliphatic carbocycles. The number of nitrogens with one attached hydrogen (secondary N) is 1. The molecule has 4 rings (SSSR count). The van der Waals surface area contributed by atoms with E-state index in [9.17, 15) is 0 Å².